The molecule has 6 heteroatoms. The largest absolute Gasteiger partial charge is 0.400 e. The van der Waals surface area contributed by atoms with E-state index in [2.05, 4.69) is 0 Å². The van der Waals surface area contributed by atoms with Gasteiger partial charge in [-0.2, -0.15) is 26.3 Å². The van der Waals surface area contributed by atoms with E-state index in [0.29, 0.717) is 12.8 Å². The molecule has 1 aliphatic rings. The Morgan fingerprint density at radius 3 is 1.59 bits per heavy atom. The molecule has 0 saturated heterocycles. The molecule has 0 nitrogen and oxygen atoms in total. The number of alkyl halides is 6. The maximum Gasteiger partial charge on any atom is 0.400 e. The molecular weight excluding hydrogens is 246 g/mol. The second-order valence-corrected chi connectivity index (χ2v) is 4.75. The van der Waals surface area contributed by atoms with Crippen LogP contribution in [0.25, 0.3) is 0 Å². The maximum atomic E-state index is 12.5. The van der Waals surface area contributed by atoms with Crippen molar-refractivity contribution in [1.29, 1.82) is 0 Å². The molecule has 0 amide bonds. The number of halogens is 6. The molecule has 102 valence electrons. The number of hydrogen-bond acceptors (Lipinski definition) is 0. The third-order valence-corrected chi connectivity index (χ3v) is 3.65. The van der Waals surface area contributed by atoms with Crippen LogP contribution in [0, 0.1) is 17.8 Å². The van der Waals surface area contributed by atoms with Crippen LogP contribution in [0.1, 0.15) is 39.0 Å². The van der Waals surface area contributed by atoms with Crippen molar-refractivity contribution < 1.29 is 26.3 Å². The summed E-state index contributed by atoms with van der Waals surface area (Å²) in [5.74, 6) is -4.15. The van der Waals surface area contributed by atoms with Crippen molar-refractivity contribution in [3.8, 4) is 0 Å². The minimum atomic E-state index is -5.18. The molecule has 1 rings (SSSR count). The third-order valence-electron chi connectivity index (χ3n) is 3.65. The average molecular weight is 262 g/mol. The lowest BCUT2D eigenvalue weighted by molar-refractivity contribution is -0.301. The highest BCUT2D eigenvalue weighted by atomic mass is 19.4. The van der Waals surface area contributed by atoms with Crippen LogP contribution >= 0.6 is 0 Å². The van der Waals surface area contributed by atoms with Gasteiger partial charge >= 0.3 is 12.4 Å². The molecule has 0 bridgehead atoms. The van der Waals surface area contributed by atoms with Crippen molar-refractivity contribution in [3.63, 3.8) is 0 Å². The fourth-order valence-electron chi connectivity index (χ4n) is 2.65. The van der Waals surface area contributed by atoms with Crippen LogP contribution in [0.15, 0.2) is 0 Å². The van der Waals surface area contributed by atoms with Crippen molar-refractivity contribution in [1.82, 2.24) is 0 Å². The lowest BCUT2D eigenvalue weighted by Crippen LogP contribution is -2.43. The lowest BCUT2D eigenvalue weighted by atomic mass is 9.74. The fraction of sp³-hybridized carbons (Fsp3) is 1.00. The van der Waals surface area contributed by atoms with Gasteiger partial charge in [0.15, 0.2) is 5.92 Å². The van der Waals surface area contributed by atoms with E-state index in [9.17, 15) is 26.3 Å². The van der Waals surface area contributed by atoms with Crippen LogP contribution in [-0.2, 0) is 0 Å². The van der Waals surface area contributed by atoms with E-state index in [0.717, 1.165) is 6.42 Å². The predicted molar refractivity (Wildman–Crippen MR) is 51.3 cm³/mol. The van der Waals surface area contributed by atoms with Crippen molar-refractivity contribution in [2.75, 3.05) is 0 Å². The Kier molecular flexibility index (Phi) is 4.36. The van der Waals surface area contributed by atoms with Gasteiger partial charge in [0.1, 0.15) is 0 Å². The standard InChI is InChI=1S/C11H16F6/c1-2-7-3-5-8(6-4-7)9(10(12,13)14)11(15,16)17/h7-9H,2-6H2,1H3. The van der Waals surface area contributed by atoms with Crippen molar-refractivity contribution in [3.05, 3.63) is 0 Å². The van der Waals surface area contributed by atoms with Gasteiger partial charge in [-0.15, -0.1) is 0 Å². The molecule has 0 spiro atoms. The molecule has 0 aromatic heterocycles. The van der Waals surface area contributed by atoms with Gasteiger partial charge in [0.2, 0.25) is 0 Å². The summed E-state index contributed by atoms with van der Waals surface area (Å²) >= 11 is 0. The van der Waals surface area contributed by atoms with E-state index in [1.54, 1.807) is 0 Å². The summed E-state index contributed by atoms with van der Waals surface area (Å²) in [6.45, 7) is 1.91. The fourth-order valence-corrected chi connectivity index (χ4v) is 2.65. The van der Waals surface area contributed by atoms with Crippen LogP contribution in [0.5, 0.6) is 0 Å². The summed E-state index contributed by atoms with van der Waals surface area (Å²) < 4.78 is 74.8. The van der Waals surface area contributed by atoms with Gasteiger partial charge in [-0.05, 0) is 24.7 Å². The van der Waals surface area contributed by atoms with Crippen LogP contribution in [0.3, 0.4) is 0 Å². The smallest absolute Gasteiger partial charge is 0.170 e. The van der Waals surface area contributed by atoms with Crippen LogP contribution in [-0.4, -0.2) is 12.4 Å². The van der Waals surface area contributed by atoms with Gasteiger partial charge in [-0.25, -0.2) is 0 Å². The Morgan fingerprint density at radius 1 is 0.882 bits per heavy atom. The van der Waals surface area contributed by atoms with E-state index in [-0.39, 0.29) is 18.8 Å². The van der Waals surface area contributed by atoms with Crippen molar-refractivity contribution >= 4 is 0 Å². The molecule has 1 aliphatic carbocycles. The molecule has 0 unspecified atom stereocenters. The number of hydrogen-bond donors (Lipinski definition) is 0. The number of rotatable bonds is 2. The van der Waals surface area contributed by atoms with Gasteiger partial charge < -0.3 is 0 Å². The summed E-state index contributed by atoms with van der Waals surface area (Å²) in [5, 5.41) is 0. The van der Waals surface area contributed by atoms with Gasteiger partial charge in [-0.3, -0.25) is 0 Å². The Labute approximate surface area is 96.4 Å². The van der Waals surface area contributed by atoms with Gasteiger partial charge in [0, 0.05) is 0 Å². The first-order valence-electron chi connectivity index (χ1n) is 5.79. The van der Waals surface area contributed by atoms with Crippen LogP contribution in [0.4, 0.5) is 26.3 Å². The zero-order chi connectivity index (χ0) is 13.3. The second-order valence-electron chi connectivity index (χ2n) is 4.75. The topological polar surface area (TPSA) is 0 Å². The maximum absolute atomic E-state index is 12.5. The molecule has 1 fully saturated rings. The molecular formula is C11H16F6. The molecule has 0 N–H and O–H groups in total. The molecule has 0 aliphatic heterocycles. The monoisotopic (exact) mass is 262 g/mol. The van der Waals surface area contributed by atoms with Gasteiger partial charge in [0.05, 0.1) is 0 Å². The lowest BCUT2D eigenvalue weighted by Gasteiger charge is -2.35. The zero-order valence-corrected chi connectivity index (χ0v) is 9.54. The van der Waals surface area contributed by atoms with E-state index in [1.807, 2.05) is 6.92 Å². The van der Waals surface area contributed by atoms with Crippen molar-refractivity contribution in [2.24, 2.45) is 17.8 Å². The molecule has 0 aromatic rings. The first-order chi connectivity index (χ1) is 7.66. The summed E-state index contributed by atoms with van der Waals surface area (Å²) in [6, 6.07) is 0. The van der Waals surface area contributed by atoms with Crippen LogP contribution < -0.4 is 0 Å². The Balaban J connectivity index is 2.74. The quantitative estimate of drug-likeness (QED) is 0.618. The van der Waals surface area contributed by atoms with Crippen molar-refractivity contribution in [2.45, 2.75) is 51.4 Å². The molecule has 0 heterocycles. The highest BCUT2D eigenvalue weighted by molar-refractivity contribution is 4.85. The molecule has 17 heavy (non-hydrogen) atoms. The molecule has 1 saturated carbocycles. The van der Waals surface area contributed by atoms with Crippen LogP contribution in [0.2, 0.25) is 0 Å². The first kappa shape index (κ1) is 14.6. The normalized spacial score (nSPS) is 27.5. The highest BCUT2D eigenvalue weighted by Gasteiger charge is 2.59. The molecule has 0 atom stereocenters. The minimum absolute atomic E-state index is 0.0300. The SMILES string of the molecule is CCC1CCC(C(C(F)(F)F)C(F)(F)F)CC1. The molecule has 0 aromatic carbocycles. The minimum Gasteiger partial charge on any atom is -0.170 e. The summed E-state index contributed by atoms with van der Waals surface area (Å²) in [5.41, 5.74) is 0. The van der Waals surface area contributed by atoms with Gasteiger partial charge in [-0.1, -0.05) is 26.2 Å². The Morgan fingerprint density at radius 2 is 1.29 bits per heavy atom. The second kappa shape index (κ2) is 5.06. The van der Waals surface area contributed by atoms with Gasteiger partial charge in [0.25, 0.3) is 0 Å². The first-order valence-corrected chi connectivity index (χ1v) is 5.79. The zero-order valence-electron chi connectivity index (χ0n) is 9.54. The average Bonchev–Trinajstić information content (AvgIpc) is 2.14. The summed E-state index contributed by atoms with van der Waals surface area (Å²) in [7, 11) is 0. The van der Waals surface area contributed by atoms with E-state index < -0.39 is 24.2 Å². The summed E-state index contributed by atoms with van der Waals surface area (Å²) in [4.78, 5) is 0. The summed E-state index contributed by atoms with van der Waals surface area (Å²) in [6.07, 6.45) is -8.52. The third kappa shape index (κ3) is 3.78. The van der Waals surface area contributed by atoms with E-state index in [4.69, 9.17) is 0 Å². The highest BCUT2D eigenvalue weighted by Crippen LogP contribution is 2.49. The molecule has 0 radical (unpaired) electrons. The Hall–Kier alpha value is -0.420. The van der Waals surface area contributed by atoms with E-state index in [1.165, 1.54) is 0 Å². The Bertz CT molecular complexity index is 219. The van der Waals surface area contributed by atoms with E-state index >= 15 is 0 Å². The predicted octanol–water partition coefficient (Wildman–Crippen LogP) is 4.94.